The van der Waals surface area contributed by atoms with Crippen molar-refractivity contribution >= 4 is 101 Å². The van der Waals surface area contributed by atoms with E-state index in [9.17, 15) is 143 Å². The molecule has 0 aromatic heterocycles. The monoisotopic (exact) mass is 1790 g/mol. The topological polar surface area (TPSA) is 855 Å². The number of carbonyl (C=O) groups is 17. The molecule has 0 aromatic rings. The number of rotatable bonds is 49. The Morgan fingerprint density at radius 3 is 1.00 bits per heavy atom. The molecule has 53 heteroatoms. The Morgan fingerprint density at radius 2 is 0.653 bits per heavy atom. The first-order chi connectivity index (χ1) is 58.0. The number of aliphatic carboxylic acids is 2. The summed E-state index contributed by atoms with van der Waals surface area (Å²) in [6, 6.07) is -20.7. The number of ether oxygens (including phenoxy) is 8. The van der Waals surface area contributed by atoms with Crippen molar-refractivity contribution in [2.75, 3.05) is 26.4 Å². The first-order valence-electron chi connectivity index (χ1n) is 39.4. The lowest BCUT2D eigenvalue weighted by molar-refractivity contribution is -0.333. The highest BCUT2D eigenvalue weighted by atomic mass is 16.7. The van der Waals surface area contributed by atoms with Crippen molar-refractivity contribution in [3.05, 3.63) is 0 Å². The number of primary amides is 3. The summed E-state index contributed by atoms with van der Waals surface area (Å²) >= 11 is 0. The minimum Gasteiger partial charge on any atom is -0.480 e. The van der Waals surface area contributed by atoms with Crippen molar-refractivity contribution in [3.63, 3.8) is 0 Å². The van der Waals surface area contributed by atoms with Gasteiger partial charge in [-0.25, -0.2) is 9.59 Å². The molecule has 4 heterocycles. The highest BCUT2D eigenvalue weighted by Gasteiger charge is 2.56. The van der Waals surface area contributed by atoms with Gasteiger partial charge in [0.2, 0.25) is 88.6 Å². The van der Waals surface area contributed by atoms with Crippen LogP contribution < -0.4 is 86.7 Å². The second-order valence-electron chi connectivity index (χ2n) is 30.0. The molecular formula is C71H118N16O37. The summed E-state index contributed by atoms with van der Waals surface area (Å²) in [6.45, 7) is 6.18. The molecule has 0 radical (unpaired) electrons. The Morgan fingerprint density at radius 1 is 0.347 bits per heavy atom. The predicted molar refractivity (Wildman–Crippen MR) is 410 cm³/mol. The fourth-order valence-corrected chi connectivity index (χ4v) is 13.4. The van der Waals surface area contributed by atoms with E-state index in [1.54, 1.807) is 0 Å². The third-order valence-corrected chi connectivity index (χ3v) is 20.1. The summed E-state index contributed by atoms with van der Waals surface area (Å²) in [5.41, 5.74) is 22.2. The van der Waals surface area contributed by atoms with E-state index >= 15 is 0 Å². The molecular weight excluding hydrogens is 1670 g/mol. The lowest BCUT2D eigenvalue weighted by Gasteiger charge is -2.48. The minimum absolute atomic E-state index is 0.0865. The van der Waals surface area contributed by atoms with Gasteiger partial charge in [-0.2, -0.15) is 0 Å². The lowest BCUT2D eigenvalue weighted by atomic mass is 9.94. The van der Waals surface area contributed by atoms with E-state index in [1.807, 2.05) is 0 Å². The maximum atomic E-state index is 13.9. The SMILES string of the molecule is CC(=O)NC1C(OC2C(CO)OC(O)C(NC(C)=O)C2OC(C)C(=O)NC(C)C(=O)NC(CCC(=O)NC(CCCC(NC(=O)C(C)NC(=O)C(CCCC(N)C(N)=O)NC(=O)CCC(NC(=O)C(C)NC(=O)C(C)OC2C(NC(C)=O)C(O)OC(CO)C2OC2OC(CO)C(O)C(O)C2NC(C)=O)C(=O)O)C(N)=O)C(=O)O)C(N)=O)OC(CO)C(O)C1O. The number of carboxylic acids is 2. The number of aliphatic hydroxyl groups excluding tert-OH is 10. The van der Waals surface area contributed by atoms with Crippen molar-refractivity contribution < 1.29 is 181 Å². The molecule has 4 aliphatic rings. The van der Waals surface area contributed by atoms with Gasteiger partial charge in [-0.1, -0.05) is 0 Å². The highest BCUT2D eigenvalue weighted by Crippen LogP contribution is 2.34. The van der Waals surface area contributed by atoms with Crippen LogP contribution in [0, 0.1) is 0 Å². The van der Waals surface area contributed by atoms with Crippen LogP contribution in [0.5, 0.6) is 0 Å². The van der Waals surface area contributed by atoms with Gasteiger partial charge in [0.05, 0.1) is 32.5 Å². The van der Waals surface area contributed by atoms with Gasteiger partial charge in [0.1, 0.15) is 158 Å². The van der Waals surface area contributed by atoms with E-state index in [-0.39, 0.29) is 32.1 Å². The number of hydrogen-bond acceptors (Lipinski definition) is 36. The molecule has 31 atom stereocenters. The van der Waals surface area contributed by atoms with Crippen LogP contribution in [0.4, 0.5) is 0 Å². The maximum Gasteiger partial charge on any atom is 0.326 e. The quantitative estimate of drug-likeness (QED) is 0.0269. The summed E-state index contributed by atoms with van der Waals surface area (Å²) in [6.07, 6.45) is -35.4. The number of carboxylic acid groups (broad SMARTS) is 2. The number of hydrogen-bond donors (Lipinski definition) is 28. The molecule has 31 unspecified atom stereocenters. The molecule has 0 saturated carbocycles. The van der Waals surface area contributed by atoms with E-state index in [0.717, 1.165) is 62.3 Å². The number of carbonyl (C=O) groups excluding carboxylic acids is 15. The van der Waals surface area contributed by atoms with Gasteiger partial charge in [0.15, 0.2) is 25.2 Å². The van der Waals surface area contributed by atoms with Gasteiger partial charge in [-0.15, -0.1) is 0 Å². The number of nitrogens with two attached hydrogens (primary N) is 4. The molecule has 124 heavy (non-hydrogen) atoms. The van der Waals surface area contributed by atoms with Crippen LogP contribution in [-0.4, -0.2) is 377 Å². The van der Waals surface area contributed by atoms with Crippen molar-refractivity contribution in [2.45, 2.75) is 316 Å². The molecule has 704 valence electrons. The second kappa shape index (κ2) is 50.4. The molecule has 0 spiro atoms. The Hall–Kier alpha value is -9.77. The molecule has 4 saturated heterocycles. The van der Waals surface area contributed by atoms with Crippen molar-refractivity contribution in [1.29, 1.82) is 0 Å². The van der Waals surface area contributed by atoms with Crippen LogP contribution in [0.1, 0.15) is 127 Å². The smallest absolute Gasteiger partial charge is 0.326 e. The zero-order valence-electron chi connectivity index (χ0n) is 69.2. The largest absolute Gasteiger partial charge is 0.480 e. The van der Waals surface area contributed by atoms with Gasteiger partial charge in [0.25, 0.3) is 0 Å². The molecule has 0 aliphatic carbocycles. The van der Waals surface area contributed by atoms with Crippen LogP contribution in [0.15, 0.2) is 0 Å². The van der Waals surface area contributed by atoms with Crippen LogP contribution in [0.3, 0.4) is 0 Å². The van der Waals surface area contributed by atoms with E-state index in [0.29, 0.717) is 0 Å². The van der Waals surface area contributed by atoms with Crippen molar-refractivity contribution in [2.24, 2.45) is 22.9 Å². The fraction of sp³-hybridized carbons (Fsp3) is 0.761. The Bertz CT molecular complexity index is 3690. The first-order valence-corrected chi connectivity index (χ1v) is 39.4. The normalized spacial score (nSPS) is 28.8. The Labute approximate surface area is 707 Å². The molecule has 4 fully saturated rings. The third-order valence-electron chi connectivity index (χ3n) is 20.1. The summed E-state index contributed by atoms with van der Waals surface area (Å²) in [4.78, 5) is 220. The van der Waals surface area contributed by atoms with Crippen LogP contribution in [-0.2, 0) is 119 Å². The van der Waals surface area contributed by atoms with Gasteiger partial charge in [-0.05, 0) is 86.0 Å². The zero-order valence-corrected chi connectivity index (χ0v) is 69.2. The van der Waals surface area contributed by atoms with Crippen LogP contribution in [0.2, 0.25) is 0 Å². The number of aliphatic hydroxyl groups is 10. The zero-order chi connectivity index (χ0) is 93.8. The Kier molecular flexibility index (Phi) is 43.3. The maximum absolute atomic E-state index is 13.9. The first kappa shape index (κ1) is 107. The van der Waals surface area contributed by atoms with Crippen LogP contribution >= 0.6 is 0 Å². The minimum atomic E-state index is -1.98. The number of amides is 15. The average Bonchev–Trinajstić information content (AvgIpc) is 0.776. The molecule has 15 amide bonds. The lowest BCUT2D eigenvalue weighted by Crippen LogP contribution is -2.70. The summed E-state index contributed by atoms with van der Waals surface area (Å²) < 4.78 is 46.5. The predicted octanol–water partition coefficient (Wildman–Crippen LogP) is -15.6. The molecule has 4 aliphatic heterocycles. The third kappa shape index (κ3) is 32.0. The number of nitrogens with one attached hydrogen (secondary N) is 12. The van der Waals surface area contributed by atoms with E-state index in [4.69, 9.17) is 60.8 Å². The van der Waals surface area contributed by atoms with Gasteiger partial charge in [0, 0.05) is 40.5 Å². The van der Waals surface area contributed by atoms with E-state index in [2.05, 4.69) is 63.8 Å². The molecule has 32 N–H and O–H groups in total. The molecule has 0 aromatic carbocycles. The molecule has 4 rings (SSSR count). The van der Waals surface area contributed by atoms with Crippen molar-refractivity contribution in [3.8, 4) is 0 Å². The molecule has 53 nitrogen and oxygen atoms in total. The van der Waals surface area contributed by atoms with Gasteiger partial charge >= 0.3 is 11.9 Å². The van der Waals surface area contributed by atoms with Crippen LogP contribution in [0.25, 0.3) is 0 Å². The summed E-state index contributed by atoms with van der Waals surface area (Å²) in [5.74, 6) is -18.3. The van der Waals surface area contributed by atoms with Crippen molar-refractivity contribution in [1.82, 2.24) is 63.8 Å². The van der Waals surface area contributed by atoms with Gasteiger partial charge < -0.3 is 186 Å². The summed E-state index contributed by atoms with van der Waals surface area (Å²) in [5, 5.41) is 153. The summed E-state index contributed by atoms with van der Waals surface area (Å²) in [7, 11) is 0. The van der Waals surface area contributed by atoms with E-state index in [1.165, 1.54) is 0 Å². The molecule has 0 bridgehead atoms. The second-order valence-corrected chi connectivity index (χ2v) is 30.0. The van der Waals surface area contributed by atoms with E-state index < -0.39 is 348 Å². The van der Waals surface area contributed by atoms with Gasteiger partial charge in [-0.3, -0.25) is 71.9 Å². The fourth-order valence-electron chi connectivity index (χ4n) is 13.4. The Balaban J connectivity index is 1.35. The highest BCUT2D eigenvalue weighted by molar-refractivity contribution is 5.95. The standard InChI is InChI=1S/C71H118N16O37/c1-24(76-63(108)27(4)117-55-47(81-31(8)94)68(115)119-41(22-90)53(55)123-70-45(79-29(6)92)51(100)49(98)39(20-88)121-70)60(105)86-35(59(75)104)16-18-44(97)84-37(66(111)112)15-11-13-34(58(74)103)85-61(106)26(3)78-65(110)36(14-10-12-33(72)57(73)102)83-43(96)19-17-38(67(113)114)87-62(107)25(2)77-64(109)28(5)118-56-48(82-32(9)95)69(116)120-42(23-91)54(56)124-71-46(80-30(7)93)52(101)50(99)40(21-89)122-71/h24-28,33-42,45-56,68-71,88-91,98-101,115-116H,10-23,72H2,1-9H3,(H2,73,102)(H2,74,103)(H2,75,104)(H,76,108)(H,77,109)(H,78,110)(H,79,92)(H,80,93)(H,81,94)(H,82,95)(H,83,96)(H,84,97)(H,85,106)(H,86,105)(H,87,107)(H,111,112)(H,113,114). The average molecular weight is 1790 g/mol.